The van der Waals surface area contributed by atoms with E-state index in [0.29, 0.717) is 5.92 Å². The Kier molecular flexibility index (Phi) is 4.20. The topological polar surface area (TPSA) is 35.2 Å². The summed E-state index contributed by atoms with van der Waals surface area (Å²) >= 11 is 0. The van der Waals surface area contributed by atoms with E-state index in [9.17, 15) is 0 Å². The molecule has 0 spiro atoms. The van der Waals surface area contributed by atoms with Gasteiger partial charge < -0.3 is 10.5 Å². The summed E-state index contributed by atoms with van der Waals surface area (Å²) in [5.74, 6) is 0.496. The van der Waals surface area contributed by atoms with Crippen molar-refractivity contribution in [3.05, 3.63) is 0 Å². The van der Waals surface area contributed by atoms with Crippen LogP contribution in [0.4, 0.5) is 0 Å². The Balaban J connectivity index is 2.49. The predicted molar refractivity (Wildman–Crippen MR) is 55.7 cm³/mol. The van der Waals surface area contributed by atoms with Crippen LogP contribution in [0.5, 0.6) is 0 Å². The highest BCUT2D eigenvalue weighted by molar-refractivity contribution is 4.90. The molecule has 2 N–H and O–H groups in total. The molecule has 0 saturated heterocycles. The second-order valence-corrected chi connectivity index (χ2v) is 4.50. The third-order valence-corrected chi connectivity index (χ3v) is 3.43. The number of hydrogen-bond donors (Lipinski definition) is 1. The molecule has 2 nitrogen and oxygen atoms in total. The highest BCUT2D eigenvalue weighted by Crippen LogP contribution is 2.31. The molecule has 1 fully saturated rings. The van der Waals surface area contributed by atoms with Gasteiger partial charge in [-0.05, 0) is 18.8 Å². The molecule has 78 valence electrons. The van der Waals surface area contributed by atoms with Crippen molar-refractivity contribution < 1.29 is 4.74 Å². The van der Waals surface area contributed by atoms with Gasteiger partial charge in [0.05, 0.1) is 6.61 Å². The molecule has 0 aliphatic heterocycles. The third kappa shape index (κ3) is 2.96. The first-order valence-electron chi connectivity index (χ1n) is 5.47. The molecule has 1 aliphatic carbocycles. The second-order valence-electron chi connectivity index (χ2n) is 4.50. The maximum Gasteiger partial charge on any atom is 0.0505 e. The monoisotopic (exact) mass is 185 g/mol. The number of methoxy groups -OCH3 is 1. The summed E-state index contributed by atoms with van der Waals surface area (Å²) in [7, 11) is 1.76. The first-order chi connectivity index (χ1) is 6.19. The zero-order valence-corrected chi connectivity index (χ0v) is 9.01. The lowest BCUT2D eigenvalue weighted by molar-refractivity contribution is 0.107. The highest BCUT2D eigenvalue weighted by atomic mass is 16.5. The van der Waals surface area contributed by atoms with Gasteiger partial charge in [0.1, 0.15) is 0 Å². The largest absolute Gasteiger partial charge is 0.384 e. The average Bonchev–Trinajstić information content (AvgIpc) is 2.32. The Bertz CT molecular complexity index is 139. The average molecular weight is 185 g/mol. The Morgan fingerprint density at radius 1 is 1.23 bits per heavy atom. The molecule has 0 aromatic carbocycles. The standard InChI is InChI=1S/C11H23NO/c1-10(9-13-2)11(12)7-5-3-4-6-8-11/h10H,3-9,12H2,1-2H3. The van der Waals surface area contributed by atoms with Crippen molar-refractivity contribution in [2.75, 3.05) is 13.7 Å². The van der Waals surface area contributed by atoms with E-state index in [1.165, 1.54) is 38.5 Å². The molecule has 0 heterocycles. The molecule has 0 aromatic heterocycles. The van der Waals surface area contributed by atoms with Crippen LogP contribution in [0.25, 0.3) is 0 Å². The fraction of sp³-hybridized carbons (Fsp3) is 1.00. The maximum absolute atomic E-state index is 6.41. The van der Waals surface area contributed by atoms with Crippen molar-refractivity contribution >= 4 is 0 Å². The van der Waals surface area contributed by atoms with Crippen LogP contribution in [0, 0.1) is 5.92 Å². The molecule has 13 heavy (non-hydrogen) atoms. The number of rotatable bonds is 3. The number of hydrogen-bond acceptors (Lipinski definition) is 2. The van der Waals surface area contributed by atoms with Crippen molar-refractivity contribution in [3.8, 4) is 0 Å². The predicted octanol–water partition coefficient (Wildman–Crippen LogP) is 2.32. The number of nitrogens with two attached hydrogens (primary N) is 1. The van der Waals surface area contributed by atoms with Crippen LogP contribution in [-0.2, 0) is 4.74 Å². The van der Waals surface area contributed by atoms with Gasteiger partial charge in [0.15, 0.2) is 0 Å². The summed E-state index contributed by atoms with van der Waals surface area (Å²) in [4.78, 5) is 0. The van der Waals surface area contributed by atoms with Crippen molar-refractivity contribution in [1.29, 1.82) is 0 Å². The van der Waals surface area contributed by atoms with Gasteiger partial charge in [-0.3, -0.25) is 0 Å². The lowest BCUT2D eigenvalue weighted by atomic mass is 9.80. The van der Waals surface area contributed by atoms with Gasteiger partial charge in [0.2, 0.25) is 0 Å². The molecular formula is C11H23NO. The van der Waals surface area contributed by atoms with E-state index in [1.54, 1.807) is 7.11 Å². The quantitative estimate of drug-likeness (QED) is 0.685. The Hall–Kier alpha value is -0.0800. The summed E-state index contributed by atoms with van der Waals surface area (Å²) in [5, 5.41) is 0. The van der Waals surface area contributed by atoms with E-state index in [2.05, 4.69) is 6.92 Å². The van der Waals surface area contributed by atoms with Crippen molar-refractivity contribution in [3.63, 3.8) is 0 Å². The highest BCUT2D eigenvalue weighted by Gasteiger charge is 2.31. The first kappa shape index (κ1) is 11.0. The third-order valence-electron chi connectivity index (χ3n) is 3.43. The first-order valence-corrected chi connectivity index (χ1v) is 5.47. The van der Waals surface area contributed by atoms with E-state index in [-0.39, 0.29) is 5.54 Å². The van der Waals surface area contributed by atoms with Crippen LogP contribution in [0.2, 0.25) is 0 Å². The molecule has 1 rings (SSSR count). The number of ether oxygens (including phenoxy) is 1. The van der Waals surface area contributed by atoms with E-state index in [4.69, 9.17) is 10.5 Å². The fourth-order valence-corrected chi connectivity index (χ4v) is 2.30. The van der Waals surface area contributed by atoms with Gasteiger partial charge >= 0.3 is 0 Å². The van der Waals surface area contributed by atoms with E-state index in [1.807, 2.05) is 0 Å². The lowest BCUT2D eigenvalue weighted by Gasteiger charge is -2.34. The molecule has 1 aliphatic rings. The Morgan fingerprint density at radius 3 is 2.23 bits per heavy atom. The van der Waals surface area contributed by atoms with Gasteiger partial charge in [-0.15, -0.1) is 0 Å². The minimum absolute atomic E-state index is 0.0481. The molecule has 0 bridgehead atoms. The van der Waals surface area contributed by atoms with Gasteiger partial charge in [0.25, 0.3) is 0 Å². The molecule has 2 heteroatoms. The van der Waals surface area contributed by atoms with Crippen LogP contribution in [0.15, 0.2) is 0 Å². The van der Waals surface area contributed by atoms with Crippen LogP contribution >= 0.6 is 0 Å². The summed E-state index contributed by atoms with van der Waals surface area (Å²) in [6.45, 7) is 3.02. The summed E-state index contributed by atoms with van der Waals surface area (Å²) < 4.78 is 5.18. The molecule has 1 atom stereocenters. The molecular weight excluding hydrogens is 162 g/mol. The van der Waals surface area contributed by atoms with Crippen LogP contribution in [0.1, 0.15) is 45.4 Å². The van der Waals surface area contributed by atoms with Gasteiger partial charge in [-0.25, -0.2) is 0 Å². The molecule has 1 saturated carbocycles. The Labute approximate surface area is 81.8 Å². The zero-order valence-electron chi connectivity index (χ0n) is 9.01. The normalized spacial score (nSPS) is 25.2. The minimum atomic E-state index is 0.0481. The second kappa shape index (κ2) is 4.97. The zero-order chi connectivity index (χ0) is 9.73. The SMILES string of the molecule is COCC(C)C1(N)CCCCCC1. The van der Waals surface area contributed by atoms with Crippen LogP contribution in [0.3, 0.4) is 0 Å². The van der Waals surface area contributed by atoms with E-state index in [0.717, 1.165) is 6.61 Å². The van der Waals surface area contributed by atoms with Crippen LogP contribution < -0.4 is 5.73 Å². The molecule has 0 aromatic rings. The summed E-state index contributed by atoms with van der Waals surface area (Å²) in [5.41, 5.74) is 6.46. The molecule has 0 radical (unpaired) electrons. The molecule has 0 amide bonds. The summed E-state index contributed by atoms with van der Waals surface area (Å²) in [6.07, 6.45) is 7.67. The maximum atomic E-state index is 6.41. The van der Waals surface area contributed by atoms with Gasteiger partial charge in [0, 0.05) is 12.6 Å². The fourth-order valence-electron chi connectivity index (χ4n) is 2.30. The van der Waals surface area contributed by atoms with E-state index < -0.39 is 0 Å². The lowest BCUT2D eigenvalue weighted by Crippen LogP contribution is -2.47. The minimum Gasteiger partial charge on any atom is -0.384 e. The van der Waals surface area contributed by atoms with E-state index >= 15 is 0 Å². The van der Waals surface area contributed by atoms with Gasteiger partial charge in [-0.1, -0.05) is 32.6 Å². The van der Waals surface area contributed by atoms with Crippen molar-refractivity contribution in [1.82, 2.24) is 0 Å². The Morgan fingerprint density at radius 2 is 1.77 bits per heavy atom. The van der Waals surface area contributed by atoms with Gasteiger partial charge in [-0.2, -0.15) is 0 Å². The van der Waals surface area contributed by atoms with Crippen LogP contribution in [-0.4, -0.2) is 19.3 Å². The van der Waals surface area contributed by atoms with Crippen molar-refractivity contribution in [2.24, 2.45) is 11.7 Å². The molecule has 1 unspecified atom stereocenters. The van der Waals surface area contributed by atoms with Crippen molar-refractivity contribution in [2.45, 2.75) is 51.0 Å². The smallest absolute Gasteiger partial charge is 0.0505 e. The summed E-state index contributed by atoms with van der Waals surface area (Å²) in [6, 6.07) is 0.